The summed E-state index contributed by atoms with van der Waals surface area (Å²) in [4.78, 5) is 26.4. The predicted molar refractivity (Wildman–Crippen MR) is 163 cm³/mol. The van der Waals surface area contributed by atoms with Crippen molar-refractivity contribution in [1.82, 2.24) is 9.97 Å². The Balaban J connectivity index is 0.000000500. The summed E-state index contributed by atoms with van der Waals surface area (Å²) in [6, 6.07) is 18.8. The lowest BCUT2D eigenvalue weighted by atomic mass is 10.2. The van der Waals surface area contributed by atoms with E-state index >= 15 is 0 Å². The Morgan fingerprint density at radius 2 is 0.918 bits per heavy atom. The van der Waals surface area contributed by atoms with Crippen molar-refractivity contribution in [3.63, 3.8) is 0 Å². The number of aromatic nitrogens is 2. The lowest BCUT2D eigenvalue weighted by Gasteiger charge is -2.09. The topological polar surface area (TPSA) is 199 Å². The van der Waals surface area contributed by atoms with Gasteiger partial charge in [-0.1, -0.05) is 0 Å². The minimum Gasteiger partial charge on any atom is -0.491 e. The number of nitrogens with zero attached hydrogens (tertiary/aromatic N) is 2. The average Bonchev–Trinajstić information content (AvgIpc) is 3.02. The maximum atomic E-state index is 10.6. The van der Waals surface area contributed by atoms with Crippen LogP contribution in [0, 0.1) is 0 Å². The van der Waals surface area contributed by atoms with E-state index in [1.807, 2.05) is 48.5 Å². The second kappa shape index (κ2) is 19.6. The molecule has 0 aliphatic rings. The van der Waals surface area contributed by atoms with Crippen molar-refractivity contribution < 1.29 is 69.8 Å². The van der Waals surface area contributed by atoms with Crippen molar-refractivity contribution in [2.75, 3.05) is 64.3 Å². The van der Waals surface area contributed by atoms with Gasteiger partial charge in [-0.15, -0.1) is 0 Å². The molecule has 0 aliphatic carbocycles. The number of nitrogens with two attached hydrogens (primary N) is 2. The molecule has 13 nitrogen and oxygen atoms in total. The monoisotopic (exact) mass is 706 g/mol. The van der Waals surface area contributed by atoms with Gasteiger partial charge in [-0.05, 0) is 54.6 Å². The SMILES string of the molecule is Nc1ccc2cc(OCCOCCOCCOCCOc3ccc4ccc(N)nc4c3)ccc2n1.O=C(O)C(F)(F)F.O=C(O)C(F)(F)F. The van der Waals surface area contributed by atoms with Crippen molar-refractivity contribution in [2.45, 2.75) is 12.4 Å². The van der Waals surface area contributed by atoms with Gasteiger partial charge in [0.15, 0.2) is 0 Å². The van der Waals surface area contributed by atoms with Crippen LogP contribution in [-0.4, -0.2) is 97.3 Å². The van der Waals surface area contributed by atoms with Crippen LogP contribution in [0.1, 0.15) is 0 Å². The van der Waals surface area contributed by atoms with E-state index in [0.29, 0.717) is 64.5 Å². The standard InChI is InChI=1S/C26H30N4O5.2C2HF3O2/c27-25-8-3-20-17-21(5-6-23(20)29-25)34-15-13-32-11-9-31-10-12-33-14-16-35-22-4-1-19-2-7-26(28)30-24(19)18-22;2*3-2(4,5)1(6)7/h1-8,17-18H,9-16H2,(H2,27,29)(H2,28,30);2*(H,6,7). The molecule has 0 unspecified atom stereocenters. The van der Waals surface area contributed by atoms with Gasteiger partial charge in [0.05, 0.1) is 50.7 Å². The van der Waals surface area contributed by atoms with Gasteiger partial charge in [-0.2, -0.15) is 26.3 Å². The Morgan fingerprint density at radius 1 is 0.551 bits per heavy atom. The van der Waals surface area contributed by atoms with E-state index in [0.717, 1.165) is 33.3 Å². The number of alkyl halides is 6. The van der Waals surface area contributed by atoms with E-state index in [1.54, 1.807) is 12.1 Å². The largest absolute Gasteiger partial charge is 0.491 e. The molecule has 2 aromatic carbocycles. The Labute approximate surface area is 274 Å². The maximum absolute atomic E-state index is 10.6. The first-order chi connectivity index (χ1) is 23.1. The number of aliphatic carboxylic acids is 2. The van der Waals surface area contributed by atoms with E-state index in [4.69, 9.17) is 55.0 Å². The molecule has 268 valence electrons. The van der Waals surface area contributed by atoms with E-state index in [-0.39, 0.29) is 0 Å². The van der Waals surface area contributed by atoms with Crippen LogP contribution in [0.4, 0.5) is 38.0 Å². The van der Waals surface area contributed by atoms with E-state index < -0.39 is 24.3 Å². The Kier molecular flexibility index (Phi) is 16.0. The van der Waals surface area contributed by atoms with E-state index in [2.05, 4.69) is 9.97 Å². The third-order valence-corrected chi connectivity index (χ3v) is 5.59. The molecule has 2 aromatic heterocycles. The Hall–Kier alpha value is -5.14. The average molecular weight is 707 g/mol. The van der Waals surface area contributed by atoms with Gasteiger partial charge >= 0.3 is 24.3 Å². The van der Waals surface area contributed by atoms with Crippen LogP contribution >= 0.6 is 0 Å². The number of carboxylic acid groups (broad SMARTS) is 2. The fourth-order valence-corrected chi connectivity index (χ4v) is 3.39. The van der Waals surface area contributed by atoms with Gasteiger partial charge in [0.25, 0.3) is 0 Å². The van der Waals surface area contributed by atoms with Gasteiger partial charge in [-0.25, -0.2) is 19.6 Å². The number of hydrogen-bond acceptors (Lipinski definition) is 11. The third kappa shape index (κ3) is 16.0. The fourth-order valence-electron chi connectivity index (χ4n) is 3.39. The lowest BCUT2D eigenvalue weighted by Crippen LogP contribution is -2.21. The Bertz CT molecular complexity index is 1620. The molecule has 0 amide bonds. The van der Waals surface area contributed by atoms with Crippen molar-refractivity contribution in [3.8, 4) is 11.5 Å². The molecular formula is C30H32F6N4O9. The van der Waals surface area contributed by atoms with Crippen molar-refractivity contribution in [3.05, 3.63) is 60.7 Å². The molecule has 6 N–H and O–H groups in total. The Morgan fingerprint density at radius 3 is 1.39 bits per heavy atom. The zero-order valence-electron chi connectivity index (χ0n) is 25.5. The lowest BCUT2D eigenvalue weighted by molar-refractivity contribution is -0.193. The molecule has 0 bridgehead atoms. The number of nitrogen functional groups attached to an aromatic ring is 2. The molecule has 0 aliphatic heterocycles. The zero-order chi connectivity index (χ0) is 36.5. The summed E-state index contributed by atoms with van der Waals surface area (Å²) in [6.45, 7) is 3.82. The molecule has 4 rings (SSSR count). The highest BCUT2D eigenvalue weighted by atomic mass is 19.4. The number of anilines is 2. The summed E-state index contributed by atoms with van der Waals surface area (Å²) >= 11 is 0. The summed E-state index contributed by atoms with van der Waals surface area (Å²) < 4.78 is 91.5. The minimum atomic E-state index is -5.08. The number of benzene rings is 2. The summed E-state index contributed by atoms with van der Waals surface area (Å²) in [5.41, 5.74) is 13.1. The molecule has 4 aromatic rings. The first-order valence-electron chi connectivity index (χ1n) is 14.0. The minimum absolute atomic E-state index is 0.443. The number of pyridine rings is 2. The second-order valence-electron chi connectivity index (χ2n) is 9.32. The van der Waals surface area contributed by atoms with Gasteiger partial charge in [-0.3, -0.25) is 0 Å². The summed E-state index contributed by atoms with van der Waals surface area (Å²) in [7, 11) is 0. The highest BCUT2D eigenvalue weighted by Crippen LogP contribution is 2.21. The van der Waals surface area contributed by atoms with Crippen LogP contribution in [0.15, 0.2) is 60.7 Å². The van der Waals surface area contributed by atoms with Crippen LogP contribution in [0.3, 0.4) is 0 Å². The van der Waals surface area contributed by atoms with Crippen LogP contribution in [0.25, 0.3) is 21.8 Å². The smallest absolute Gasteiger partial charge is 0.490 e. The van der Waals surface area contributed by atoms with Crippen LogP contribution in [0.5, 0.6) is 11.5 Å². The molecule has 0 spiro atoms. The van der Waals surface area contributed by atoms with E-state index in [1.165, 1.54) is 0 Å². The summed E-state index contributed by atoms with van der Waals surface area (Å²) in [6.07, 6.45) is -10.2. The molecule has 49 heavy (non-hydrogen) atoms. The zero-order valence-corrected chi connectivity index (χ0v) is 25.5. The summed E-state index contributed by atoms with van der Waals surface area (Å²) in [5.74, 6) is -3.02. The molecule has 0 saturated carbocycles. The number of fused-ring (bicyclic) bond motifs is 2. The number of ether oxygens (including phenoxy) is 5. The first-order valence-corrected chi connectivity index (χ1v) is 14.0. The number of halogens is 6. The predicted octanol–water partition coefficient (Wildman–Crippen LogP) is 4.72. The first kappa shape index (κ1) is 40.0. The van der Waals surface area contributed by atoms with Crippen LogP contribution < -0.4 is 20.9 Å². The fraction of sp³-hybridized carbons (Fsp3) is 0.333. The van der Waals surface area contributed by atoms with Gasteiger partial charge < -0.3 is 45.4 Å². The second-order valence-corrected chi connectivity index (χ2v) is 9.32. The van der Waals surface area contributed by atoms with Gasteiger partial charge in [0.1, 0.15) is 36.3 Å². The highest BCUT2D eigenvalue weighted by Gasteiger charge is 2.38. The molecule has 0 saturated heterocycles. The van der Waals surface area contributed by atoms with E-state index in [9.17, 15) is 26.3 Å². The van der Waals surface area contributed by atoms with Gasteiger partial charge in [0, 0.05) is 16.8 Å². The maximum Gasteiger partial charge on any atom is 0.490 e. The quantitative estimate of drug-likeness (QED) is 0.104. The molecular weight excluding hydrogens is 674 g/mol. The number of hydrogen-bond donors (Lipinski definition) is 4. The van der Waals surface area contributed by atoms with Crippen LogP contribution in [0.2, 0.25) is 0 Å². The molecule has 19 heteroatoms. The van der Waals surface area contributed by atoms with Crippen molar-refractivity contribution >= 4 is 45.4 Å². The highest BCUT2D eigenvalue weighted by molar-refractivity contribution is 5.82. The molecule has 2 heterocycles. The number of carbonyl (C=O) groups is 2. The molecule has 0 radical (unpaired) electrons. The van der Waals surface area contributed by atoms with Crippen molar-refractivity contribution in [1.29, 1.82) is 0 Å². The third-order valence-electron chi connectivity index (χ3n) is 5.59. The van der Waals surface area contributed by atoms with Crippen molar-refractivity contribution in [2.24, 2.45) is 0 Å². The van der Waals surface area contributed by atoms with Gasteiger partial charge in [0.2, 0.25) is 0 Å². The number of rotatable bonds is 14. The molecule has 0 atom stereocenters. The molecule has 0 fully saturated rings. The van der Waals surface area contributed by atoms with Crippen LogP contribution in [-0.2, 0) is 23.8 Å². The normalized spacial score (nSPS) is 11.2. The number of carboxylic acids is 2. The summed E-state index contributed by atoms with van der Waals surface area (Å²) in [5, 5.41) is 16.3.